The summed E-state index contributed by atoms with van der Waals surface area (Å²) in [7, 11) is 0. The molecule has 0 saturated heterocycles. The van der Waals surface area contributed by atoms with Gasteiger partial charge in [-0.25, -0.2) is 0 Å². The van der Waals surface area contributed by atoms with Crippen LogP contribution in [0.15, 0.2) is 18.2 Å². The van der Waals surface area contributed by atoms with Gasteiger partial charge in [-0.05, 0) is 31.5 Å². The minimum atomic E-state index is -0.291. The largest absolute Gasteiger partial charge is 0.399 e. The van der Waals surface area contributed by atoms with Crippen LogP contribution >= 0.6 is 0 Å². The summed E-state index contributed by atoms with van der Waals surface area (Å²) in [6.45, 7) is 4.16. The molecule has 0 aliphatic carbocycles. The van der Waals surface area contributed by atoms with E-state index in [0.717, 1.165) is 5.56 Å². The molecule has 4 N–H and O–H groups in total. The number of aryl methyl sites for hydroxylation is 1. The van der Waals surface area contributed by atoms with E-state index < -0.39 is 0 Å². The first-order valence-corrected chi connectivity index (χ1v) is 5.45. The summed E-state index contributed by atoms with van der Waals surface area (Å²) in [5.41, 5.74) is 7.46. The number of nitrogens with one attached hydrogen (secondary N) is 2. The first-order chi connectivity index (χ1) is 8.04. The fraction of sp³-hybridized carbons (Fsp3) is 0.333. The highest BCUT2D eigenvalue weighted by Crippen LogP contribution is 2.12. The first-order valence-electron chi connectivity index (χ1n) is 5.45. The Morgan fingerprint density at radius 3 is 2.65 bits per heavy atom. The number of carbonyl (C=O) groups is 2. The van der Waals surface area contributed by atoms with E-state index in [-0.39, 0.29) is 18.4 Å². The topological polar surface area (TPSA) is 84.2 Å². The van der Waals surface area contributed by atoms with Crippen molar-refractivity contribution in [3.8, 4) is 0 Å². The molecule has 0 unspecified atom stereocenters. The molecule has 2 amide bonds. The molecule has 0 atom stereocenters. The lowest BCUT2D eigenvalue weighted by Crippen LogP contribution is -2.37. The van der Waals surface area contributed by atoms with Crippen LogP contribution in [-0.2, 0) is 4.79 Å². The number of hydrogen-bond acceptors (Lipinski definition) is 3. The lowest BCUT2D eigenvalue weighted by atomic mass is 10.1. The van der Waals surface area contributed by atoms with Gasteiger partial charge in [0, 0.05) is 17.8 Å². The third-order valence-corrected chi connectivity index (χ3v) is 2.29. The van der Waals surface area contributed by atoms with Crippen LogP contribution in [0.4, 0.5) is 5.69 Å². The standard InChI is InChI=1S/C12H17N3O2/c1-3-14-11(16)7-15-12(17)10-6-9(13)5-4-8(10)2/h4-6H,3,7,13H2,1-2H3,(H,14,16)(H,15,17). The van der Waals surface area contributed by atoms with Gasteiger partial charge in [0.25, 0.3) is 5.91 Å². The molecule has 17 heavy (non-hydrogen) atoms. The molecule has 5 heteroatoms. The highest BCUT2D eigenvalue weighted by molar-refractivity contribution is 5.98. The van der Waals surface area contributed by atoms with E-state index in [9.17, 15) is 9.59 Å². The van der Waals surface area contributed by atoms with Crippen LogP contribution < -0.4 is 16.4 Å². The van der Waals surface area contributed by atoms with Crippen LogP contribution in [0.3, 0.4) is 0 Å². The maximum absolute atomic E-state index is 11.8. The van der Waals surface area contributed by atoms with Gasteiger partial charge < -0.3 is 16.4 Å². The van der Waals surface area contributed by atoms with Crippen LogP contribution in [-0.4, -0.2) is 24.9 Å². The number of hydrogen-bond donors (Lipinski definition) is 3. The molecule has 0 radical (unpaired) electrons. The minimum Gasteiger partial charge on any atom is -0.399 e. The van der Waals surface area contributed by atoms with E-state index >= 15 is 0 Å². The highest BCUT2D eigenvalue weighted by atomic mass is 16.2. The molecule has 0 aliphatic rings. The fourth-order valence-electron chi connectivity index (χ4n) is 1.40. The van der Waals surface area contributed by atoms with Crippen molar-refractivity contribution in [2.45, 2.75) is 13.8 Å². The zero-order chi connectivity index (χ0) is 12.8. The van der Waals surface area contributed by atoms with Crippen LogP contribution in [0, 0.1) is 6.92 Å². The molecule has 0 saturated carbocycles. The van der Waals surface area contributed by atoms with Crippen LogP contribution in [0.25, 0.3) is 0 Å². The Balaban J connectivity index is 2.64. The Kier molecular flexibility index (Phi) is 4.51. The van der Waals surface area contributed by atoms with Gasteiger partial charge in [-0.2, -0.15) is 0 Å². The van der Waals surface area contributed by atoms with E-state index in [1.807, 2.05) is 13.8 Å². The van der Waals surface area contributed by atoms with Crippen LogP contribution in [0.2, 0.25) is 0 Å². The summed E-state index contributed by atoms with van der Waals surface area (Å²) in [6.07, 6.45) is 0. The number of anilines is 1. The highest BCUT2D eigenvalue weighted by Gasteiger charge is 2.10. The number of nitrogen functional groups attached to an aromatic ring is 1. The van der Waals surface area contributed by atoms with Crippen molar-refractivity contribution >= 4 is 17.5 Å². The summed E-state index contributed by atoms with van der Waals surface area (Å²) >= 11 is 0. The summed E-state index contributed by atoms with van der Waals surface area (Å²) in [5.74, 6) is -0.497. The smallest absolute Gasteiger partial charge is 0.252 e. The maximum atomic E-state index is 11.8. The molecular weight excluding hydrogens is 218 g/mol. The maximum Gasteiger partial charge on any atom is 0.252 e. The van der Waals surface area contributed by atoms with E-state index in [2.05, 4.69) is 10.6 Å². The minimum absolute atomic E-state index is 0.0269. The molecule has 1 rings (SSSR count). The van der Waals surface area contributed by atoms with E-state index in [4.69, 9.17) is 5.73 Å². The average molecular weight is 235 g/mol. The van der Waals surface area contributed by atoms with Gasteiger partial charge in [0.1, 0.15) is 0 Å². The first kappa shape index (κ1) is 13.0. The normalized spacial score (nSPS) is 9.76. The Labute approximate surface area is 100 Å². The lowest BCUT2D eigenvalue weighted by molar-refractivity contribution is -0.120. The second kappa shape index (κ2) is 5.89. The molecule has 0 aromatic heterocycles. The number of carbonyl (C=O) groups excluding carboxylic acids is 2. The Morgan fingerprint density at radius 2 is 2.00 bits per heavy atom. The second-order valence-corrected chi connectivity index (χ2v) is 3.71. The number of benzene rings is 1. The molecule has 1 aromatic rings. The Bertz CT molecular complexity index is 430. The predicted molar refractivity (Wildman–Crippen MR) is 66.6 cm³/mol. The van der Waals surface area contributed by atoms with Crippen LogP contribution in [0.1, 0.15) is 22.8 Å². The molecule has 0 spiro atoms. The van der Waals surface area contributed by atoms with E-state index in [1.54, 1.807) is 18.2 Å². The van der Waals surface area contributed by atoms with Crippen molar-refractivity contribution in [3.05, 3.63) is 29.3 Å². The second-order valence-electron chi connectivity index (χ2n) is 3.71. The number of nitrogens with two attached hydrogens (primary N) is 1. The van der Waals surface area contributed by atoms with Gasteiger partial charge in [-0.15, -0.1) is 0 Å². The summed E-state index contributed by atoms with van der Waals surface area (Å²) in [4.78, 5) is 23.0. The van der Waals surface area contributed by atoms with Gasteiger partial charge in [0.05, 0.1) is 6.54 Å². The lowest BCUT2D eigenvalue weighted by Gasteiger charge is -2.08. The Morgan fingerprint density at radius 1 is 1.29 bits per heavy atom. The molecule has 0 aliphatic heterocycles. The Hall–Kier alpha value is -2.04. The number of amides is 2. The molecule has 0 fully saturated rings. The SMILES string of the molecule is CCNC(=O)CNC(=O)c1cc(N)ccc1C. The van der Waals surface area contributed by atoms with Gasteiger partial charge in [0.15, 0.2) is 0 Å². The molecule has 0 bridgehead atoms. The summed E-state index contributed by atoms with van der Waals surface area (Å²) in [6, 6.07) is 5.11. The average Bonchev–Trinajstić information content (AvgIpc) is 2.29. The monoisotopic (exact) mass is 235 g/mol. The predicted octanol–water partition coefficient (Wildman–Crippen LogP) is 0.443. The van der Waals surface area contributed by atoms with Crippen molar-refractivity contribution in [1.82, 2.24) is 10.6 Å². The van der Waals surface area contributed by atoms with E-state index in [0.29, 0.717) is 17.8 Å². The summed E-state index contributed by atoms with van der Waals surface area (Å²) in [5, 5.41) is 5.15. The quantitative estimate of drug-likeness (QED) is 0.662. The molecule has 0 heterocycles. The van der Waals surface area contributed by atoms with Gasteiger partial charge in [-0.3, -0.25) is 9.59 Å². The third kappa shape index (κ3) is 3.79. The van der Waals surface area contributed by atoms with E-state index in [1.165, 1.54) is 0 Å². The van der Waals surface area contributed by atoms with Crippen molar-refractivity contribution in [2.24, 2.45) is 0 Å². The van der Waals surface area contributed by atoms with Crippen molar-refractivity contribution < 1.29 is 9.59 Å². The zero-order valence-corrected chi connectivity index (χ0v) is 10.0. The zero-order valence-electron chi connectivity index (χ0n) is 10.0. The van der Waals surface area contributed by atoms with Gasteiger partial charge >= 0.3 is 0 Å². The van der Waals surface area contributed by atoms with Crippen molar-refractivity contribution in [3.63, 3.8) is 0 Å². The molecule has 92 valence electrons. The summed E-state index contributed by atoms with van der Waals surface area (Å²) < 4.78 is 0. The third-order valence-electron chi connectivity index (χ3n) is 2.29. The fourth-order valence-corrected chi connectivity index (χ4v) is 1.40. The van der Waals surface area contributed by atoms with Crippen molar-refractivity contribution in [1.29, 1.82) is 0 Å². The molecule has 5 nitrogen and oxygen atoms in total. The molecular formula is C12H17N3O2. The number of rotatable bonds is 4. The van der Waals surface area contributed by atoms with Crippen LogP contribution in [0.5, 0.6) is 0 Å². The number of likely N-dealkylation sites (N-methyl/N-ethyl adjacent to an activating group) is 1. The van der Waals surface area contributed by atoms with Gasteiger partial charge in [0.2, 0.25) is 5.91 Å². The van der Waals surface area contributed by atoms with Gasteiger partial charge in [-0.1, -0.05) is 6.07 Å². The molecule has 1 aromatic carbocycles. The van der Waals surface area contributed by atoms with Crippen molar-refractivity contribution in [2.75, 3.05) is 18.8 Å².